The van der Waals surface area contributed by atoms with E-state index in [1.807, 2.05) is 26.1 Å². The molecule has 1 amide bonds. The van der Waals surface area contributed by atoms with Gasteiger partial charge in [-0.2, -0.15) is 10.2 Å². The summed E-state index contributed by atoms with van der Waals surface area (Å²) in [6.07, 6.45) is 3.27. The van der Waals surface area contributed by atoms with Crippen molar-refractivity contribution in [3.8, 4) is 5.75 Å². The lowest BCUT2D eigenvalue weighted by atomic mass is 10.3. The van der Waals surface area contributed by atoms with Crippen molar-refractivity contribution >= 4 is 23.2 Å². The van der Waals surface area contributed by atoms with Crippen molar-refractivity contribution in [1.82, 2.24) is 19.6 Å². The summed E-state index contributed by atoms with van der Waals surface area (Å²) in [5.41, 5.74) is 1.82. The van der Waals surface area contributed by atoms with Crippen LogP contribution in [-0.4, -0.2) is 25.5 Å². The van der Waals surface area contributed by atoms with Crippen LogP contribution in [0, 0.1) is 6.92 Å². The first-order valence-electron chi connectivity index (χ1n) is 7.25. The number of ether oxygens (including phenoxy) is 1. The van der Waals surface area contributed by atoms with Gasteiger partial charge < -0.3 is 10.1 Å². The van der Waals surface area contributed by atoms with Crippen molar-refractivity contribution in [2.45, 2.75) is 13.7 Å². The molecule has 0 aliphatic carbocycles. The molecule has 24 heavy (non-hydrogen) atoms. The molecular formula is C16H16ClN5O2. The lowest BCUT2D eigenvalue weighted by molar-refractivity contribution is 0.102. The smallest absolute Gasteiger partial charge is 0.276 e. The van der Waals surface area contributed by atoms with E-state index in [4.69, 9.17) is 16.3 Å². The molecule has 0 radical (unpaired) electrons. The van der Waals surface area contributed by atoms with Gasteiger partial charge in [-0.15, -0.1) is 0 Å². The van der Waals surface area contributed by atoms with E-state index < -0.39 is 0 Å². The number of hydrogen-bond donors (Lipinski definition) is 1. The molecule has 2 aromatic heterocycles. The van der Waals surface area contributed by atoms with Gasteiger partial charge in [0.15, 0.2) is 12.4 Å². The molecule has 0 saturated heterocycles. The fraction of sp³-hybridized carbons (Fsp3) is 0.188. The number of para-hydroxylation sites is 1. The second kappa shape index (κ2) is 6.76. The first-order valence-corrected chi connectivity index (χ1v) is 7.63. The SMILES string of the molecule is Cc1c(NC(=O)c2ccn(COc3ccccc3Cl)n2)cnn1C. The number of hydrogen-bond acceptors (Lipinski definition) is 4. The predicted octanol–water partition coefficient (Wildman–Crippen LogP) is 2.87. The summed E-state index contributed by atoms with van der Waals surface area (Å²) in [6.45, 7) is 2.03. The Bertz CT molecular complexity index is 871. The van der Waals surface area contributed by atoms with Crippen LogP contribution in [0.25, 0.3) is 0 Å². The first kappa shape index (κ1) is 16.1. The second-order valence-corrected chi connectivity index (χ2v) is 5.57. The molecule has 3 rings (SSSR count). The van der Waals surface area contributed by atoms with Crippen LogP contribution in [0.1, 0.15) is 16.2 Å². The van der Waals surface area contributed by atoms with Gasteiger partial charge in [-0.3, -0.25) is 9.48 Å². The molecule has 0 aliphatic rings. The fourth-order valence-corrected chi connectivity index (χ4v) is 2.25. The average molecular weight is 346 g/mol. The van der Waals surface area contributed by atoms with Crippen LogP contribution in [0.4, 0.5) is 5.69 Å². The van der Waals surface area contributed by atoms with Crippen LogP contribution in [0.2, 0.25) is 5.02 Å². The predicted molar refractivity (Wildman–Crippen MR) is 90.2 cm³/mol. The summed E-state index contributed by atoms with van der Waals surface area (Å²) >= 11 is 6.03. The average Bonchev–Trinajstić information content (AvgIpc) is 3.16. The number of carbonyl (C=O) groups is 1. The van der Waals surface area contributed by atoms with Gasteiger partial charge in [0.2, 0.25) is 0 Å². The van der Waals surface area contributed by atoms with E-state index in [0.717, 1.165) is 5.69 Å². The molecule has 0 atom stereocenters. The molecule has 124 valence electrons. The first-order chi connectivity index (χ1) is 11.5. The number of carbonyl (C=O) groups excluding carboxylic acids is 1. The van der Waals surface area contributed by atoms with Crippen LogP contribution in [0.15, 0.2) is 42.7 Å². The molecule has 8 heteroatoms. The largest absolute Gasteiger partial charge is 0.470 e. The maximum absolute atomic E-state index is 12.2. The van der Waals surface area contributed by atoms with E-state index in [2.05, 4.69) is 15.5 Å². The van der Waals surface area contributed by atoms with Crippen molar-refractivity contribution < 1.29 is 9.53 Å². The summed E-state index contributed by atoms with van der Waals surface area (Å²) in [5, 5.41) is 11.6. The number of halogens is 1. The Labute approximate surface area is 143 Å². The van der Waals surface area contributed by atoms with E-state index in [0.29, 0.717) is 22.2 Å². The molecule has 2 heterocycles. The lowest BCUT2D eigenvalue weighted by Crippen LogP contribution is -2.14. The van der Waals surface area contributed by atoms with Crippen molar-refractivity contribution in [2.75, 3.05) is 5.32 Å². The summed E-state index contributed by atoms with van der Waals surface area (Å²) in [7, 11) is 1.81. The van der Waals surface area contributed by atoms with Crippen LogP contribution in [0.3, 0.4) is 0 Å². The molecule has 3 aromatic rings. The highest BCUT2D eigenvalue weighted by Gasteiger charge is 2.13. The molecule has 0 spiro atoms. The normalized spacial score (nSPS) is 10.6. The van der Waals surface area contributed by atoms with Crippen molar-refractivity contribution in [3.05, 3.63) is 59.1 Å². The maximum Gasteiger partial charge on any atom is 0.276 e. The van der Waals surface area contributed by atoms with Gasteiger partial charge in [0.1, 0.15) is 5.75 Å². The highest BCUT2D eigenvalue weighted by Crippen LogP contribution is 2.23. The Balaban J connectivity index is 1.63. The number of benzene rings is 1. The fourth-order valence-electron chi connectivity index (χ4n) is 2.06. The highest BCUT2D eigenvalue weighted by molar-refractivity contribution is 6.32. The summed E-state index contributed by atoms with van der Waals surface area (Å²) in [5.74, 6) is 0.259. The maximum atomic E-state index is 12.2. The topological polar surface area (TPSA) is 74.0 Å². The minimum absolute atomic E-state index is 0.156. The molecule has 0 saturated carbocycles. The monoisotopic (exact) mass is 345 g/mol. The molecule has 0 aliphatic heterocycles. The Hall–Kier alpha value is -2.80. The Morgan fingerprint density at radius 2 is 2.12 bits per heavy atom. The zero-order valence-corrected chi connectivity index (χ0v) is 14.0. The van der Waals surface area contributed by atoms with Gasteiger partial charge in [0.05, 0.1) is 22.6 Å². The number of aromatic nitrogens is 4. The molecular weight excluding hydrogens is 330 g/mol. The molecule has 1 aromatic carbocycles. The van der Waals surface area contributed by atoms with Crippen LogP contribution in [-0.2, 0) is 13.8 Å². The molecule has 7 nitrogen and oxygen atoms in total. The number of anilines is 1. The number of amides is 1. The van der Waals surface area contributed by atoms with E-state index in [1.54, 1.807) is 35.3 Å². The number of nitrogens with one attached hydrogen (secondary N) is 1. The minimum atomic E-state index is -0.303. The van der Waals surface area contributed by atoms with Gasteiger partial charge in [-0.1, -0.05) is 23.7 Å². The third-order valence-electron chi connectivity index (χ3n) is 3.55. The van der Waals surface area contributed by atoms with Gasteiger partial charge in [0.25, 0.3) is 5.91 Å². The van der Waals surface area contributed by atoms with E-state index >= 15 is 0 Å². The van der Waals surface area contributed by atoms with E-state index in [1.165, 1.54) is 4.68 Å². The highest BCUT2D eigenvalue weighted by atomic mass is 35.5. The summed E-state index contributed by atoms with van der Waals surface area (Å²) in [4.78, 5) is 12.2. The zero-order valence-electron chi connectivity index (χ0n) is 13.2. The van der Waals surface area contributed by atoms with Gasteiger partial charge >= 0.3 is 0 Å². The van der Waals surface area contributed by atoms with Gasteiger partial charge in [-0.25, -0.2) is 4.68 Å². The molecule has 1 N–H and O–H groups in total. The standard InChI is InChI=1S/C16H16ClN5O2/c1-11-14(9-18-21(11)2)19-16(23)13-7-8-22(20-13)10-24-15-6-4-3-5-12(15)17/h3-9H,10H2,1-2H3,(H,19,23). The van der Waals surface area contributed by atoms with E-state index in [-0.39, 0.29) is 12.6 Å². The van der Waals surface area contributed by atoms with Crippen molar-refractivity contribution in [3.63, 3.8) is 0 Å². The van der Waals surface area contributed by atoms with Crippen LogP contribution < -0.4 is 10.1 Å². The molecule has 0 fully saturated rings. The summed E-state index contributed by atoms with van der Waals surface area (Å²) in [6, 6.07) is 8.79. The number of nitrogens with zero attached hydrogens (tertiary/aromatic N) is 4. The molecule has 0 unspecified atom stereocenters. The van der Waals surface area contributed by atoms with Crippen molar-refractivity contribution in [1.29, 1.82) is 0 Å². The van der Waals surface area contributed by atoms with Crippen LogP contribution in [0.5, 0.6) is 5.75 Å². The van der Waals surface area contributed by atoms with Crippen LogP contribution >= 0.6 is 11.6 Å². The lowest BCUT2D eigenvalue weighted by Gasteiger charge is -2.07. The zero-order chi connectivity index (χ0) is 17.1. The third kappa shape index (κ3) is 3.41. The van der Waals surface area contributed by atoms with Gasteiger partial charge in [0, 0.05) is 13.2 Å². The van der Waals surface area contributed by atoms with Gasteiger partial charge in [-0.05, 0) is 25.1 Å². The third-order valence-corrected chi connectivity index (χ3v) is 3.86. The number of rotatable bonds is 5. The second-order valence-electron chi connectivity index (χ2n) is 5.17. The Morgan fingerprint density at radius 1 is 1.33 bits per heavy atom. The Morgan fingerprint density at radius 3 is 2.83 bits per heavy atom. The molecule has 0 bridgehead atoms. The minimum Gasteiger partial charge on any atom is -0.470 e. The summed E-state index contributed by atoms with van der Waals surface area (Å²) < 4.78 is 8.79. The van der Waals surface area contributed by atoms with Crippen molar-refractivity contribution in [2.24, 2.45) is 7.05 Å². The quantitative estimate of drug-likeness (QED) is 0.771. The van der Waals surface area contributed by atoms with E-state index in [9.17, 15) is 4.79 Å². The number of aryl methyl sites for hydroxylation is 1. The Kier molecular flexibility index (Phi) is 4.52.